The molecule has 1 aromatic heterocycles. The van der Waals surface area contributed by atoms with E-state index < -0.39 is 0 Å². The van der Waals surface area contributed by atoms with Crippen molar-refractivity contribution < 1.29 is 9.47 Å². The van der Waals surface area contributed by atoms with Crippen LogP contribution in [0.2, 0.25) is 0 Å². The van der Waals surface area contributed by atoms with Gasteiger partial charge in [0, 0.05) is 24.4 Å². The van der Waals surface area contributed by atoms with Gasteiger partial charge in [0.05, 0.1) is 19.8 Å². The van der Waals surface area contributed by atoms with Crippen molar-refractivity contribution in [2.24, 2.45) is 0 Å². The molecule has 0 saturated carbocycles. The zero-order chi connectivity index (χ0) is 17.5. The summed E-state index contributed by atoms with van der Waals surface area (Å²) in [5.74, 6) is 7.66. The maximum absolute atomic E-state index is 5.51. The van der Waals surface area contributed by atoms with Gasteiger partial charge >= 0.3 is 0 Å². The van der Waals surface area contributed by atoms with Gasteiger partial charge in [-0.2, -0.15) is 0 Å². The van der Waals surface area contributed by atoms with Gasteiger partial charge in [-0.05, 0) is 35.4 Å². The highest BCUT2D eigenvalue weighted by atomic mass is 16.5. The first kappa shape index (κ1) is 16.5. The van der Waals surface area contributed by atoms with Crippen LogP contribution in [0.5, 0.6) is 11.5 Å². The van der Waals surface area contributed by atoms with E-state index in [0.29, 0.717) is 17.9 Å². The minimum absolute atomic E-state index is 0.638. The van der Waals surface area contributed by atoms with E-state index >= 15 is 0 Å². The molecular weight excluding hydrogens is 312 g/mol. The number of hydrogen-bond acceptors (Lipinski definition) is 4. The highest BCUT2D eigenvalue weighted by Gasteiger charge is 2.11. The molecule has 0 aliphatic rings. The minimum Gasteiger partial charge on any atom is -0.493 e. The number of hydrogen-bond donors (Lipinski definition) is 0. The SMILES string of the molecule is COc1cc(Cc2cncnc2)cc(C#Cc2ccccc2)c1OC. The lowest BCUT2D eigenvalue weighted by Gasteiger charge is -2.12. The molecule has 0 amide bonds. The average Bonchev–Trinajstić information content (AvgIpc) is 2.67. The Balaban J connectivity index is 2.00. The summed E-state index contributed by atoms with van der Waals surface area (Å²) >= 11 is 0. The third-order valence-electron chi connectivity index (χ3n) is 3.68. The van der Waals surface area contributed by atoms with Gasteiger partial charge in [-0.1, -0.05) is 30.0 Å². The molecule has 124 valence electrons. The van der Waals surface area contributed by atoms with Crippen LogP contribution >= 0.6 is 0 Å². The fourth-order valence-electron chi connectivity index (χ4n) is 2.53. The van der Waals surface area contributed by atoms with Gasteiger partial charge in [-0.15, -0.1) is 0 Å². The fraction of sp³-hybridized carbons (Fsp3) is 0.143. The van der Waals surface area contributed by atoms with Gasteiger partial charge in [0.25, 0.3) is 0 Å². The van der Waals surface area contributed by atoms with Crippen molar-refractivity contribution in [3.05, 3.63) is 83.4 Å². The summed E-state index contributed by atoms with van der Waals surface area (Å²) < 4.78 is 11.0. The number of ether oxygens (including phenoxy) is 2. The second-order valence-corrected chi connectivity index (χ2v) is 5.42. The Morgan fingerprint density at radius 1 is 0.880 bits per heavy atom. The molecule has 0 spiro atoms. The van der Waals surface area contributed by atoms with E-state index in [0.717, 1.165) is 22.3 Å². The van der Waals surface area contributed by atoms with Crippen LogP contribution in [-0.2, 0) is 6.42 Å². The molecule has 3 aromatic rings. The van der Waals surface area contributed by atoms with E-state index in [2.05, 4.69) is 21.8 Å². The summed E-state index contributed by atoms with van der Waals surface area (Å²) in [6.45, 7) is 0. The molecule has 3 rings (SSSR count). The van der Waals surface area contributed by atoms with Crippen molar-refractivity contribution in [3.63, 3.8) is 0 Å². The Morgan fingerprint density at radius 3 is 2.32 bits per heavy atom. The van der Waals surface area contributed by atoms with E-state index in [-0.39, 0.29) is 0 Å². The number of benzene rings is 2. The summed E-state index contributed by atoms with van der Waals surface area (Å²) in [6, 6.07) is 13.8. The maximum atomic E-state index is 5.51. The van der Waals surface area contributed by atoms with Crippen LogP contribution in [0.3, 0.4) is 0 Å². The van der Waals surface area contributed by atoms with Gasteiger partial charge in [0.2, 0.25) is 0 Å². The number of methoxy groups -OCH3 is 2. The van der Waals surface area contributed by atoms with Crippen LogP contribution in [0.25, 0.3) is 0 Å². The van der Waals surface area contributed by atoms with Crippen LogP contribution in [-0.4, -0.2) is 24.2 Å². The van der Waals surface area contributed by atoms with Gasteiger partial charge in [0.1, 0.15) is 6.33 Å². The van der Waals surface area contributed by atoms with E-state index in [1.54, 1.807) is 26.6 Å². The number of aromatic nitrogens is 2. The Bertz CT molecular complexity index is 898. The van der Waals surface area contributed by atoms with Crippen LogP contribution in [0, 0.1) is 11.8 Å². The molecule has 0 radical (unpaired) electrons. The third-order valence-corrected chi connectivity index (χ3v) is 3.68. The summed E-state index contributed by atoms with van der Waals surface area (Å²) in [4.78, 5) is 8.12. The Hall–Kier alpha value is -3.32. The molecule has 0 N–H and O–H groups in total. The first-order chi connectivity index (χ1) is 12.3. The highest BCUT2D eigenvalue weighted by Crippen LogP contribution is 2.32. The quantitative estimate of drug-likeness (QED) is 0.687. The molecule has 0 fully saturated rings. The Kier molecular flexibility index (Phi) is 5.28. The zero-order valence-corrected chi connectivity index (χ0v) is 14.2. The molecule has 0 bridgehead atoms. The van der Waals surface area contributed by atoms with E-state index in [1.165, 1.54) is 6.33 Å². The smallest absolute Gasteiger partial charge is 0.176 e. The lowest BCUT2D eigenvalue weighted by atomic mass is 10.0. The second kappa shape index (κ2) is 7.98. The number of rotatable bonds is 4. The molecule has 1 heterocycles. The van der Waals surface area contributed by atoms with E-state index in [4.69, 9.17) is 9.47 Å². The van der Waals surface area contributed by atoms with Crippen molar-refractivity contribution in [3.8, 4) is 23.3 Å². The second-order valence-electron chi connectivity index (χ2n) is 5.42. The van der Waals surface area contributed by atoms with Crippen molar-refractivity contribution in [1.29, 1.82) is 0 Å². The van der Waals surface area contributed by atoms with Crippen molar-refractivity contribution in [2.75, 3.05) is 14.2 Å². The first-order valence-electron chi connectivity index (χ1n) is 7.86. The van der Waals surface area contributed by atoms with Crippen LogP contribution in [0.4, 0.5) is 0 Å². The third kappa shape index (κ3) is 4.15. The normalized spacial score (nSPS) is 9.84. The maximum Gasteiger partial charge on any atom is 0.176 e. The summed E-state index contributed by atoms with van der Waals surface area (Å²) in [5, 5.41) is 0. The molecule has 4 nitrogen and oxygen atoms in total. The zero-order valence-electron chi connectivity index (χ0n) is 14.2. The predicted octanol–water partition coefficient (Wildman–Crippen LogP) is 3.48. The standard InChI is InChI=1S/C21H18N2O2/c1-24-20-12-17(10-18-13-22-15-23-14-18)11-19(21(20)25-2)9-8-16-6-4-3-5-7-16/h3-7,11-15H,10H2,1-2H3. The summed E-state index contributed by atoms with van der Waals surface area (Å²) in [7, 11) is 3.25. The monoisotopic (exact) mass is 330 g/mol. The van der Waals surface area contributed by atoms with Gasteiger partial charge in [-0.25, -0.2) is 9.97 Å². The largest absolute Gasteiger partial charge is 0.493 e. The molecule has 2 aromatic carbocycles. The first-order valence-corrected chi connectivity index (χ1v) is 7.86. The van der Waals surface area contributed by atoms with Crippen molar-refractivity contribution in [1.82, 2.24) is 9.97 Å². The molecular formula is C21H18N2O2. The van der Waals surface area contributed by atoms with Gasteiger partial charge in [-0.3, -0.25) is 0 Å². The van der Waals surface area contributed by atoms with Crippen molar-refractivity contribution >= 4 is 0 Å². The summed E-state index contributed by atoms with van der Waals surface area (Å²) in [6.07, 6.45) is 5.83. The topological polar surface area (TPSA) is 44.2 Å². The average molecular weight is 330 g/mol. The fourth-order valence-corrected chi connectivity index (χ4v) is 2.53. The molecule has 0 saturated heterocycles. The van der Waals surface area contributed by atoms with Crippen LogP contribution < -0.4 is 9.47 Å². The van der Waals surface area contributed by atoms with Gasteiger partial charge in [0.15, 0.2) is 11.5 Å². The minimum atomic E-state index is 0.638. The molecule has 25 heavy (non-hydrogen) atoms. The lowest BCUT2D eigenvalue weighted by molar-refractivity contribution is 0.354. The van der Waals surface area contributed by atoms with E-state index in [1.807, 2.05) is 42.5 Å². The van der Waals surface area contributed by atoms with Crippen LogP contribution in [0.15, 0.2) is 61.2 Å². The Morgan fingerprint density at radius 2 is 1.64 bits per heavy atom. The molecule has 0 atom stereocenters. The highest BCUT2D eigenvalue weighted by molar-refractivity contribution is 5.58. The molecule has 4 heteroatoms. The molecule has 0 unspecified atom stereocenters. The molecule has 0 aliphatic carbocycles. The Labute approximate surface area is 147 Å². The van der Waals surface area contributed by atoms with Crippen LogP contribution in [0.1, 0.15) is 22.3 Å². The summed E-state index contributed by atoms with van der Waals surface area (Å²) in [5.41, 5.74) is 3.82. The van der Waals surface area contributed by atoms with Gasteiger partial charge < -0.3 is 9.47 Å². The van der Waals surface area contributed by atoms with Crippen molar-refractivity contribution in [2.45, 2.75) is 6.42 Å². The lowest BCUT2D eigenvalue weighted by Crippen LogP contribution is -1.98. The predicted molar refractivity (Wildman–Crippen MR) is 96.8 cm³/mol. The van der Waals surface area contributed by atoms with E-state index in [9.17, 15) is 0 Å². The number of nitrogens with zero attached hydrogens (tertiary/aromatic N) is 2. The molecule has 0 aliphatic heterocycles.